The number of halogens is 3. The Balaban J connectivity index is 1.97. The predicted octanol–water partition coefficient (Wildman–Crippen LogP) is 3.95. The van der Waals surface area contributed by atoms with Crippen LogP contribution in [-0.4, -0.2) is 53.7 Å². The molecule has 0 unspecified atom stereocenters. The van der Waals surface area contributed by atoms with Crippen LogP contribution in [0.15, 0.2) is 16.7 Å². The Morgan fingerprint density at radius 2 is 1.90 bits per heavy atom. The Kier molecular flexibility index (Phi) is 5.91. The standard InChI is InChI=1S/C19H21BrClFN4O3/c1-19(2,3)29-18(28)26-6-4-25(5-7-26)16-10-8-12(21)13(20)14(22)15(10)24-9-11(16)17(23)27/h8-9H,4-7H2,1-3H3,(H2,23,27). The third-order valence-electron chi connectivity index (χ3n) is 4.48. The molecule has 156 valence electrons. The Labute approximate surface area is 181 Å². The Morgan fingerprint density at radius 3 is 2.45 bits per heavy atom. The van der Waals surface area contributed by atoms with Crippen molar-refractivity contribution in [2.45, 2.75) is 26.4 Å². The molecule has 1 fully saturated rings. The first kappa shape index (κ1) is 21.6. The molecule has 0 spiro atoms. The van der Waals surface area contributed by atoms with Gasteiger partial charge in [0.1, 0.15) is 11.1 Å². The van der Waals surface area contributed by atoms with E-state index in [2.05, 4.69) is 20.9 Å². The zero-order valence-electron chi connectivity index (χ0n) is 16.3. The summed E-state index contributed by atoms with van der Waals surface area (Å²) in [6, 6.07) is 1.55. The summed E-state index contributed by atoms with van der Waals surface area (Å²) in [5.74, 6) is -1.29. The fourth-order valence-corrected chi connectivity index (χ4v) is 3.68. The van der Waals surface area contributed by atoms with Gasteiger partial charge in [0.25, 0.3) is 5.91 Å². The van der Waals surface area contributed by atoms with Gasteiger partial charge in [0, 0.05) is 37.8 Å². The van der Waals surface area contributed by atoms with E-state index < -0.39 is 23.4 Å². The number of ether oxygens (including phenoxy) is 1. The van der Waals surface area contributed by atoms with Gasteiger partial charge in [0.15, 0.2) is 5.82 Å². The number of nitrogens with two attached hydrogens (primary N) is 1. The summed E-state index contributed by atoms with van der Waals surface area (Å²) >= 11 is 9.25. The van der Waals surface area contributed by atoms with Crippen LogP contribution in [0.2, 0.25) is 5.02 Å². The number of amides is 2. The Morgan fingerprint density at radius 1 is 1.28 bits per heavy atom. The molecule has 29 heavy (non-hydrogen) atoms. The molecular formula is C19H21BrClFN4O3. The molecule has 1 aliphatic heterocycles. The smallest absolute Gasteiger partial charge is 0.410 e. The molecule has 1 aromatic carbocycles. The average Bonchev–Trinajstić information content (AvgIpc) is 2.64. The maximum absolute atomic E-state index is 14.7. The molecule has 3 rings (SSSR count). The third-order valence-corrected chi connectivity index (χ3v) is 5.78. The molecule has 2 amide bonds. The van der Waals surface area contributed by atoms with Gasteiger partial charge in [-0.1, -0.05) is 11.6 Å². The van der Waals surface area contributed by atoms with E-state index in [1.54, 1.807) is 31.7 Å². The highest BCUT2D eigenvalue weighted by Gasteiger charge is 2.29. The molecule has 0 radical (unpaired) electrons. The minimum atomic E-state index is -0.677. The number of aromatic nitrogens is 1. The highest BCUT2D eigenvalue weighted by Crippen LogP contribution is 2.37. The summed E-state index contributed by atoms with van der Waals surface area (Å²) in [5.41, 5.74) is 5.66. The Bertz CT molecular complexity index is 988. The number of benzene rings is 1. The highest BCUT2D eigenvalue weighted by molar-refractivity contribution is 9.10. The summed E-state index contributed by atoms with van der Waals surface area (Å²) in [6.45, 7) is 6.99. The fraction of sp³-hybridized carbons (Fsp3) is 0.421. The van der Waals surface area contributed by atoms with E-state index in [1.807, 2.05) is 4.90 Å². The van der Waals surface area contributed by atoms with Crippen LogP contribution in [0.4, 0.5) is 14.9 Å². The lowest BCUT2D eigenvalue weighted by molar-refractivity contribution is 0.0240. The third kappa shape index (κ3) is 4.40. The minimum Gasteiger partial charge on any atom is -0.444 e. The van der Waals surface area contributed by atoms with Gasteiger partial charge in [0.2, 0.25) is 0 Å². The zero-order valence-corrected chi connectivity index (χ0v) is 18.6. The topological polar surface area (TPSA) is 88.8 Å². The lowest BCUT2D eigenvalue weighted by Crippen LogP contribution is -2.50. The molecule has 0 saturated carbocycles. The van der Waals surface area contributed by atoms with Gasteiger partial charge in [-0.25, -0.2) is 9.18 Å². The van der Waals surface area contributed by atoms with E-state index in [9.17, 15) is 14.0 Å². The number of piperazine rings is 1. The second-order valence-corrected chi connectivity index (χ2v) is 8.92. The number of hydrogen-bond acceptors (Lipinski definition) is 5. The number of pyridine rings is 1. The van der Waals surface area contributed by atoms with Crippen molar-refractivity contribution < 1.29 is 18.7 Å². The summed E-state index contributed by atoms with van der Waals surface area (Å²) in [6.07, 6.45) is 0.869. The maximum atomic E-state index is 14.7. The lowest BCUT2D eigenvalue weighted by Gasteiger charge is -2.37. The van der Waals surface area contributed by atoms with Crippen molar-refractivity contribution in [3.8, 4) is 0 Å². The van der Waals surface area contributed by atoms with E-state index in [0.717, 1.165) is 0 Å². The highest BCUT2D eigenvalue weighted by atomic mass is 79.9. The fourth-order valence-electron chi connectivity index (χ4n) is 3.19. The first-order valence-corrected chi connectivity index (χ1v) is 10.2. The maximum Gasteiger partial charge on any atom is 0.410 e. The number of nitrogens with zero attached hydrogens (tertiary/aromatic N) is 3. The van der Waals surface area contributed by atoms with Crippen molar-refractivity contribution in [3.05, 3.63) is 33.1 Å². The van der Waals surface area contributed by atoms with Crippen molar-refractivity contribution in [1.82, 2.24) is 9.88 Å². The normalized spacial score (nSPS) is 15.0. The van der Waals surface area contributed by atoms with Crippen LogP contribution in [0.25, 0.3) is 10.9 Å². The van der Waals surface area contributed by atoms with Crippen LogP contribution in [0.1, 0.15) is 31.1 Å². The summed E-state index contributed by atoms with van der Waals surface area (Å²) in [4.78, 5) is 31.9. The number of carbonyl (C=O) groups excluding carboxylic acids is 2. The van der Waals surface area contributed by atoms with Crippen LogP contribution in [0.5, 0.6) is 0 Å². The average molecular weight is 488 g/mol. The van der Waals surface area contributed by atoms with Crippen molar-refractivity contribution in [2.75, 3.05) is 31.1 Å². The van der Waals surface area contributed by atoms with E-state index in [0.29, 0.717) is 37.3 Å². The van der Waals surface area contributed by atoms with Crippen LogP contribution < -0.4 is 10.6 Å². The first-order valence-electron chi connectivity index (χ1n) is 8.98. The van der Waals surface area contributed by atoms with E-state index in [4.69, 9.17) is 22.1 Å². The SMILES string of the molecule is CC(C)(C)OC(=O)N1CCN(c2c(C(N)=O)cnc3c(F)c(Br)c(Cl)cc23)CC1. The van der Waals surface area contributed by atoms with Gasteiger partial charge in [-0.3, -0.25) is 9.78 Å². The zero-order chi connectivity index (χ0) is 21.5. The number of rotatable bonds is 2. The molecule has 1 aliphatic rings. The van der Waals surface area contributed by atoms with Gasteiger partial charge in [-0.15, -0.1) is 0 Å². The summed E-state index contributed by atoms with van der Waals surface area (Å²) in [5, 5.41) is 0.546. The molecule has 0 aliphatic carbocycles. The number of hydrogen-bond donors (Lipinski definition) is 1. The molecule has 0 atom stereocenters. The number of carbonyl (C=O) groups is 2. The van der Waals surface area contributed by atoms with Gasteiger partial charge >= 0.3 is 6.09 Å². The van der Waals surface area contributed by atoms with Crippen LogP contribution >= 0.6 is 27.5 Å². The number of primary amides is 1. The van der Waals surface area contributed by atoms with E-state index in [1.165, 1.54) is 6.20 Å². The molecule has 2 heterocycles. The van der Waals surface area contributed by atoms with Crippen molar-refractivity contribution in [1.29, 1.82) is 0 Å². The van der Waals surface area contributed by atoms with Crippen LogP contribution in [-0.2, 0) is 4.74 Å². The van der Waals surface area contributed by atoms with Crippen molar-refractivity contribution in [2.24, 2.45) is 5.73 Å². The Hall–Kier alpha value is -2.13. The van der Waals surface area contributed by atoms with Gasteiger partial charge in [-0.05, 0) is 42.8 Å². The van der Waals surface area contributed by atoms with Crippen LogP contribution in [0.3, 0.4) is 0 Å². The van der Waals surface area contributed by atoms with E-state index in [-0.39, 0.29) is 20.6 Å². The molecule has 1 saturated heterocycles. The van der Waals surface area contributed by atoms with Gasteiger partial charge in [-0.2, -0.15) is 0 Å². The van der Waals surface area contributed by atoms with E-state index >= 15 is 0 Å². The molecule has 1 aromatic heterocycles. The molecular weight excluding hydrogens is 467 g/mol. The second-order valence-electron chi connectivity index (χ2n) is 7.72. The monoisotopic (exact) mass is 486 g/mol. The lowest BCUT2D eigenvalue weighted by atomic mass is 10.1. The molecule has 2 N–H and O–H groups in total. The largest absolute Gasteiger partial charge is 0.444 e. The minimum absolute atomic E-state index is 0.0795. The molecule has 0 bridgehead atoms. The molecule has 2 aromatic rings. The van der Waals surface area contributed by atoms with Gasteiger partial charge in [0.05, 0.1) is 20.7 Å². The predicted molar refractivity (Wildman–Crippen MR) is 113 cm³/mol. The quantitative estimate of drug-likeness (QED) is 0.648. The number of fused-ring (bicyclic) bond motifs is 1. The van der Waals surface area contributed by atoms with Crippen molar-refractivity contribution >= 4 is 56.1 Å². The summed E-state index contributed by atoms with van der Waals surface area (Å²) < 4.78 is 20.2. The van der Waals surface area contributed by atoms with Crippen LogP contribution in [0, 0.1) is 5.82 Å². The number of anilines is 1. The summed E-state index contributed by atoms with van der Waals surface area (Å²) in [7, 11) is 0. The second kappa shape index (κ2) is 7.95. The molecule has 10 heteroatoms. The first-order chi connectivity index (χ1) is 13.5. The van der Waals surface area contributed by atoms with Crippen molar-refractivity contribution in [3.63, 3.8) is 0 Å². The molecule has 7 nitrogen and oxygen atoms in total. The van der Waals surface area contributed by atoms with Gasteiger partial charge < -0.3 is 20.3 Å².